The molecule has 0 unspecified atom stereocenters. The van der Waals surface area contributed by atoms with Gasteiger partial charge < -0.3 is 14.8 Å². The number of carbonyl (C=O) groups is 2. The summed E-state index contributed by atoms with van der Waals surface area (Å²) < 4.78 is 10.4. The van der Waals surface area contributed by atoms with Gasteiger partial charge in [0, 0.05) is 18.5 Å². The number of amides is 2. The fourth-order valence-electron chi connectivity index (χ4n) is 2.22. The second kappa shape index (κ2) is 10.6. The van der Waals surface area contributed by atoms with Crippen molar-refractivity contribution >= 4 is 18.0 Å². The van der Waals surface area contributed by atoms with E-state index in [1.807, 2.05) is 31.2 Å². The van der Waals surface area contributed by atoms with Crippen LogP contribution in [-0.4, -0.2) is 38.3 Å². The van der Waals surface area contributed by atoms with E-state index in [1.54, 1.807) is 31.4 Å². The Hall–Kier alpha value is -3.35. The van der Waals surface area contributed by atoms with Crippen molar-refractivity contribution in [1.29, 1.82) is 0 Å². The van der Waals surface area contributed by atoms with E-state index >= 15 is 0 Å². The van der Waals surface area contributed by atoms with Crippen LogP contribution in [0.1, 0.15) is 29.3 Å². The lowest BCUT2D eigenvalue weighted by Crippen LogP contribution is -2.29. The van der Waals surface area contributed by atoms with E-state index < -0.39 is 0 Å². The summed E-state index contributed by atoms with van der Waals surface area (Å²) in [5.74, 6) is 0.883. The molecule has 0 bridgehead atoms. The van der Waals surface area contributed by atoms with E-state index in [0.717, 1.165) is 11.3 Å². The van der Waals surface area contributed by atoms with Gasteiger partial charge in [0.2, 0.25) is 5.91 Å². The minimum absolute atomic E-state index is 0.123. The molecule has 0 fully saturated rings. The summed E-state index contributed by atoms with van der Waals surface area (Å²) in [6.45, 7) is 2.71. The lowest BCUT2D eigenvalue weighted by atomic mass is 10.2. The molecule has 27 heavy (non-hydrogen) atoms. The maximum Gasteiger partial charge on any atom is 0.251 e. The van der Waals surface area contributed by atoms with Crippen LogP contribution in [0.4, 0.5) is 0 Å². The summed E-state index contributed by atoms with van der Waals surface area (Å²) in [6, 6.07) is 14.1. The Morgan fingerprint density at radius 1 is 1.11 bits per heavy atom. The Morgan fingerprint density at radius 3 is 2.59 bits per heavy atom. The zero-order valence-corrected chi connectivity index (χ0v) is 15.4. The molecule has 2 aromatic rings. The fourth-order valence-corrected chi connectivity index (χ4v) is 2.22. The first-order valence-corrected chi connectivity index (χ1v) is 8.59. The Bertz CT molecular complexity index is 788. The first-order chi connectivity index (χ1) is 13.1. The van der Waals surface area contributed by atoms with Crippen LogP contribution < -0.4 is 20.2 Å². The molecular weight excluding hydrogens is 346 g/mol. The van der Waals surface area contributed by atoms with Gasteiger partial charge in [-0.05, 0) is 48.9 Å². The molecule has 142 valence electrons. The summed E-state index contributed by atoms with van der Waals surface area (Å²) in [5, 5.41) is 6.60. The molecule has 2 aromatic carbocycles. The third kappa shape index (κ3) is 6.81. The van der Waals surface area contributed by atoms with Crippen molar-refractivity contribution < 1.29 is 19.1 Å². The standard InChI is InChI=1S/C20H23N3O4/c1-3-27-18-6-4-5-15(13-18)14-22-23-19(24)11-12-21-20(25)16-7-9-17(26-2)10-8-16/h4-10,13-14H,3,11-12H2,1-2H3,(H,21,25)(H,23,24). The average molecular weight is 369 g/mol. The predicted molar refractivity (Wildman–Crippen MR) is 103 cm³/mol. The SMILES string of the molecule is CCOc1cccc(C=NNC(=O)CCNC(=O)c2ccc(OC)cc2)c1. The summed E-state index contributed by atoms with van der Waals surface area (Å²) in [5.41, 5.74) is 3.75. The molecule has 0 heterocycles. The first kappa shape index (κ1) is 20.0. The third-order valence-electron chi connectivity index (χ3n) is 3.56. The molecular formula is C20H23N3O4. The number of nitrogens with one attached hydrogen (secondary N) is 2. The van der Waals surface area contributed by atoms with E-state index in [4.69, 9.17) is 9.47 Å². The average Bonchev–Trinajstić information content (AvgIpc) is 2.68. The number of nitrogens with zero attached hydrogens (tertiary/aromatic N) is 1. The van der Waals surface area contributed by atoms with Gasteiger partial charge in [0.1, 0.15) is 11.5 Å². The van der Waals surface area contributed by atoms with Crippen LogP contribution in [0, 0.1) is 0 Å². The van der Waals surface area contributed by atoms with Gasteiger partial charge in [-0.25, -0.2) is 5.43 Å². The monoisotopic (exact) mass is 369 g/mol. The minimum atomic E-state index is -0.290. The summed E-state index contributed by atoms with van der Waals surface area (Å²) in [4.78, 5) is 23.8. The van der Waals surface area contributed by atoms with Crippen LogP contribution in [0.3, 0.4) is 0 Å². The Balaban J connectivity index is 1.72. The van der Waals surface area contributed by atoms with Crippen molar-refractivity contribution in [2.24, 2.45) is 5.10 Å². The number of methoxy groups -OCH3 is 1. The van der Waals surface area contributed by atoms with Gasteiger partial charge >= 0.3 is 0 Å². The molecule has 0 radical (unpaired) electrons. The topological polar surface area (TPSA) is 89.0 Å². The second-order valence-corrected chi connectivity index (χ2v) is 5.53. The molecule has 7 nitrogen and oxygen atoms in total. The third-order valence-corrected chi connectivity index (χ3v) is 3.56. The van der Waals surface area contributed by atoms with E-state index in [2.05, 4.69) is 15.8 Å². The van der Waals surface area contributed by atoms with Crippen molar-refractivity contribution in [3.8, 4) is 11.5 Å². The van der Waals surface area contributed by atoms with Crippen molar-refractivity contribution in [2.45, 2.75) is 13.3 Å². The van der Waals surface area contributed by atoms with Gasteiger partial charge in [0.15, 0.2) is 0 Å². The molecule has 7 heteroatoms. The van der Waals surface area contributed by atoms with Crippen molar-refractivity contribution in [3.05, 3.63) is 59.7 Å². The highest BCUT2D eigenvalue weighted by atomic mass is 16.5. The molecule has 0 aliphatic carbocycles. The number of rotatable bonds is 9. The van der Waals surface area contributed by atoms with Gasteiger partial charge in [-0.1, -0.05) is 12.1 Å². The normalized spacial score (nSPS) is 10.4. The molecule has 2 N–H and O–H groups in total. The molecule has 0 saturated carbocycles. The summed E-state index contributed by atoms with van der Waals surface area (Å²) in [7, 11) is 1.56. The molecule has 0 saturated heterocycles. The summed E-state index contributed by atoms with van der Waals surface area (Å²) >= 11 is 0. The molecule has 2 rings (SSSR count). The summed E-state index contributed by atoms with van der Waals surface area (Å²) in [6.07, 6.45) is 1.66. The van der Waals surface area contributed by atoms with Crippen LogP contribution in [0.5, 0.6) is 11.5 Å². The number of hydrogen-bond donors (Lipinski definition) is 2. The van der Waals surface area contributed by atoms with Gasteiger partial charge in [-0.3, -0.25) is 9.59 Å². The number of ether oxygens (including phenoxy) is 2. The van der Waals surface area contributed by atoms with Crippen LogP contribution >= 0.6 is 0 Å². The number of benzene rings is 2. The molecule has 0 atom stereocenters. The van der Waals surface area contributed by atoms with Gasteiger partial charge in [0.25, 0.3) is 5.91 Å². The smallest absolute Gasteiger partial charge is 0.251 e. The van der Waals surface area contributed by atoms with Gasteiger partial charge in [-0.15, -0.1) is 0 Å². The molecule has 0 aliphatic heterocycles. The minimum Gasteiger partial charge on any atom is -0.497 e. The molecule has 0 aliphatic rings. The fraction of sp³-hybridized carbons (Fsp3) is 0.250. The van der Waals surface area contributed by atoms with Gasteiger partial charge in [-0.2, -0.15) is 5.10 Å². The Morgan fingerprint density at radius 2 is 1.89 bits per heavy atom. The molecule has 2 amide bonds. The maximum atomic E-state index is 12.0. The zero-order valence-electron chi connectivity index (χ0n) is 15.4. The zero-order chi connectivity index (χ0) is 19.5. The van der Waals surface area contributed by atoms with E-state index in [0.29, 0.717) is 17.9 Å². The highest BCUT2D eigenvalue weighted by Gasteiger charge is 2.06. The number of hydrogen-bond acceptors (Lipinski definition) is 5. The lowest BCUT2D eigenvalue weighted by molar-refractivity contribution is -0.120. The Labute approximate surface area is 158 Å². The van der Waals surface area contributed by atoms with Crippen molar-refractivity contribution in [2.75, 3.05) is 20.3 Å². The highest BCUT2D eigenvalue weighted by Crippen LogP contribution is 2.12. The van der Waals surface area contributed by atoms with Crippen molar-refractivity contribution in [1.82, 2.24) is 10.7 Å². The second-order valence-electron chi connectivity index (χ2n) is 5.53. The maximum absolute atomic E-state index is 12.0. The quantitative estimate of drug-likeness (QED) is 0.525. The largest absolute Gasteiger partial charge is 0.497 e. The van der Waals surface area contributed by atoms with E-state index in [1.165, 1.54) is 6.21 Å². The number of carbonyl (C=O) groups excluding carboxylic acids is 2. The highest BCUT2D eigenvalue weighted by molar-refractivity contribution is 5.94. The predicted octanol–water partition coefficient (Wildman–Crippen LogP) is 2.36. The van der Waals surface area contributed by atoms with E-state index in [-0.39, 0.29) is 24.8 Å². The van der Waals surface area contributed by atoms with E-state index in [9.17, 15) is 9.59 Å². The Kier molecular flexibility index (Phi) is 7.84. The van der Waals surface area contributed by atoms with Gasteiger partial charge in [0.05, 0.1) is 19.9 Å². The van der Waals surface area contributed by atoms with Crippen LogP contribution in [-0.2, 0) is 4.79 Å². The van der Waals surface area contributed by atoms with Crippen LogP contribution in [0.25, 0.3) is 0 Å². The lowest BCUT2D eigenvalue weighted by Gasteiger charge is -2.06. The van der Waals surface area contributed by atoms with Crippen molar-refractivity contribution in [3.63, 3.8) is 0 Å². The first-order valence-electron chi connectivity index (χ1n) is 8.59. The molecule has 0 aromatic heterocycles. The number of hydrazone groups is 1. The molecule has 0 spiro atoms. The van der Waals surface area contributed by atoms with Crippen LogP contribution in [0.2, 0.25) is 0 Å². The van der Waals surface area contributed by atoms with Crippen LogP contribution in [0.15, 0.2) is 53.6 Å².